The zero-order chi connectivity index (χ0) is 24.5. The molecule has 0 unspecified atom stereocenters. The van der Waals surface area contributed by atoms with Crippen LogP contribution in [0.2, 0.25) is 0 Å². The first-order valence-corrected chi connectivity index (χ1v) is 11.4. The predicted octanol–water partition coefficient (Wildman–Crippen LogP) is 4.12. The van der Waals surface area contributed by atoms with Crippen LogP contribution in [-0.4, -0.2) is 30.8 Å². The van der Waals surface area contributed by atoms with Gasteiger partial charge in [-0.25, -0.2) is 13.4 Å². The highest BCUT2D eigenvalue weighted by Gasteiger charge is 2.33. The van der Waals surface area contributed by atoms with Crippen molar-refractivity contribution in [2.75, 3.05) is 7.11 Å². The molecule has 0 aliphatic rings. The van der Waals surface area contributed by atoms with E-state index in [1.165, 1.54) is 24.3 Å². The molecule has 0 saturated heterocycles. The van der Waals surface area contributed by atoms with Gasteiger partial charge in [0.1, 0.15) is 16.3 Å². The number of sulfone groups is 1. The first-order chi connectivity index (χ1) is 16.1. The summed E-state index contributed by atoms with van der Waals surface area (Å²) in [6.07, 6.45) is 0.348. The molecule has 1 amide bonds. The number of nitrogens with zero attached hydrogens (tertiary/aromatic N) is 2. The maximum Gasteiger partial charge on any atom is 0.416 e. The Hall–Kier alpha value is -3.86. The molecule has 4 aromatic rings. The van der Waals surface area contributed by atoms with E-state index < -0.39 is 27.3 Å². The number of pyridine rings is 1. The molecule has 34 heavy (non-hydrogen) atoms. The summed E-state index contributed by atoms with van der Waals surface area (Å²) in [5.74, 6) is -0.720. The third-order valence-corrected chi connectivity index (χ3v) is 6.93. The van der Waals surface area contributed by atoms with Crippen molar-refractivity contribution >= 4 is 21.4 Å². The van der Waals surface area contributed by atoms with Crippen molar-refractivity contribution in [3.05, 3.63) is 89.9 Å². The lowest BCUT2D eigenvalue weighted by Gasteiger charge is -2.13. The van der Waals surface area contributed by atoms with Gasteiger partial charge in [-0.05, 0) is 48.0 Å². The van der Waals surface area contributed by atoms with Crippen LogP contribution >= 0.6 is 0 Å². The second kappa shape index (κ2) is 8.82. The second-order valence-electron chi connectivity index (χ2n) is 7.30. The number of hydrogen-bond acceptors (Lipinski definition) is 5. The Balaban J connectivity index is 1.50. The van der Waals surface area contributed by atoms with Gasteiger partial charge in [-0.3, -0.25) is 4.79 Å². The summed E-state index contributed by atoms with van der Waals surface area (Å²) in [6.45, 7) is 0.144. The molecule has 0 atom stereocenters. The van der Waals surface area contributed by atoms with Gasteiger partial charge < -0.3 is 14.5 Å². The van der Waals surface area contributed by atoms with Crippen molar-refractivity contribution < 1.29 is 31.1 Å². The standard InChI is InChI=1S/C23H18F3N3O4S/c1-33-19-12-17(23(24,25)26)5-8-20(19)34(31,32)18-6-2-15(3-7-18)13-28-22(30)16-4-9-21-27-10-11-29(21)14-16/h2-12,14H,13H2,1H3,(H,28,30). The van der Waals surface area contributed by atoms with E-state index in [1.807, 2.05) is 0 Å². The fourth-order valence-corrected chi connectivity index (χ4v) is 4.72. The molecule has 0 fully saturated rings. The molecule has 1 N–H and O–H groups in total. The maximum atomic E-state index is 13.0. The largest absolute Gasteiger partial charge is 0.495 e. The van der Waals surface area contributed by atoms with Gasteiger partial charge in [-0.2, -0.15) is 13.2 Å². The van der Waals surface area contributed by atoms with E-state index in [2.05, 4.69) is 10.3 Å². The Labute approximate surface area is 192 Å². The average molecular weight is 489 g/mol. The highest BCUT2D eigenvalue weighted by molar-refractivity contribution is 7.91. The number of imidazole rings is 1. The number of fused-ring (bicyclic) bond motifs is 1. The van der Waals surface area contributed by atoms with E-state index in [9.17, 15) is 26.4 Å². The molecule has 2 aromatic heterocycles. The van der Waals surface area contributed by atoms with Crippen LogP contribution in [-0.2, 0) is 22.6 Å². The third-order valence-electron chi connectivity index (χ3n) is 5.12. The Morgan fingerprint density at radius 1 is 1.09 bits per heavy atom. The molecule has 2 heterocycles. The summed E-state index contributed by atoms with van der Waals surface area (Å²) in [5, 5.41) is 2.75. The molecule has 4 rings (SSSR count). The Bertz CT molecular complexity index is 1460. The van der Waals surface area contributed by atoms with Gasteiger partial charge >= 0.3 is 6.18 Å². The van der Waals surface area contributed by atoms with Crippen LogP contribution in [0.3, 0.4) is 0 Å². The van der Waals surface area contributed by atoms with Crippen LogP contribution in [0.15, 0.2) is 83.0 Å². The van der Waals surface area contributed by atoms with Crippen molar-refractivity contribution in [3.63, 3.8) is 0 Å². The monoisotopic (exact) mass is 489 g/mol. The molecule has 0 saturated carbocycles. The lowest BCUT2D eigenvalue weighted by atomic mass is 10.2. The number of carbonyl (C=O) groups is 1. The minimum atomic E-state index is -4.63. The second-order valence-corrected chi connectivity index (χ2v) is 9.22. The molecule has 0 radical (unpaired) electrons. The number of hydrogen-bond donors (Lipinski definition) is 1. The number of alkyl halides is 3. The predicted molar refractivity (Wildman–Crippen MR) is 116 cm³/mol. The van der Waals surface area contributed by atoms with Crippen LogP contribution in [0, 0.1) is 0 Å². The van der Waals surface area contributed by atoms with Crippen molar-refractivity contribution in [1.82, 2.24) is 14.7 Å². The minimum absolute atomic E-state index is 0.119. The zero-order valence-corrected chi connectivity index (χ0v) is 18.5. The van der Waals surface area contributed by atoms with Crippen LogP contribution in [0.4, 0.5) is 13.2 Å². The summed E-state index contributed by atoms with van der Waals surface area (Å²) in [4.78, 5) is 16.0. The fraction of sp³-hybridized carbons (Fsp3) is 0.130. The van der Waals surface area contributed by atoms with Crippen LogP contribution in [0.25, 0.3) is 5.65 Å². The number of carbonyl (C=O) groups excluding carboxylic acids is 1. The Morgan fingerprint density at radius 2 is 1.82 bits per heavy atom. The van der Waals surface area contributed by atoms with Gasteiger partial charge in [0.15, 0.2) is 0 Å². The van der Waals surface area contributed by atoms with E-state index in [1.54, 1.807) is 35.1 Å². The first-order valence-electron chi connectivity index (χ1n) is 9.90. The van der Waals surface area contributed by atoms with E-state index in [-0.39, 0.29) is 22.2 Å². The highest BCUT2D eigenvalue weighted by atomic mass is 32.2. The van der Waals surface area contributed by atoms with Crippen LogP contribution < -0.4 is 10.1 Å². The number of nitrogens with one attached hydrogen (secondary N) is 1. The molecule has 2 aromatic carbocycles. The van der Waals surface area contributed by atoms with E-state index in [0.29, 0.717) is 28.9 Å². The van der Waals surface area contributed by atoms with E-state index in [0.717, 1.165) is 13.2 Å². The number of amides is 1. The van der Waals surface area contributed by atoms with Crippen molar-refractivity contribution in [2.24, 2.45) is 0 Å². The van der Waals surface area contributed by atoms with Gasteiger partial charge in [0, 0.05) is 25.1 Å². The summed E-state index contributed by atoms with van der Waals surface area (Å²) in [7, 11) is -3.04. The first kappa shape index (κ1) is 23.3. The molecular weight excluding hydrogens is 471 g/mol. The molecule has 11 heteroatoms. The number of halogens is 3. The number of methoxy groups -OCH3 is 1. The number of benzene rings is 2. The summed E-state index contributed by atoms with van der Waals surface area (Å²) < 4.78 is 71.4. The minimum Gasteiger partial charge on any atom is -0.495 e. The highest BCUT2D eigenvalue weighted by Crippen LogP contribution is 2.36. The SMILES string of the molecule is COc1cc(C(F)(F)F)ccc1S(=O)(=O)c1ccc(CNC(=O)c2ccc3nccn3c2)cc1. The van der Waals surface area contributed by atoms with Gasteiger partial charge in [-0.1, -0.05) is 12.1 Å². The third kappa shape index (κ3) is 4.60. The quantitative estimate of drug-likeness (QED) is 0.440. The number of ether oxygens (including phenoxy) is 1. The van der Waals surface area contributed by atoms with Gasteiger partial charge in [-0.15, -0.1) is 0 Å². The molecular formula is C23H18F3N3O4S. The number of rotatable bonds is 6. The van der Waals surface area contributed by atoms with E-state index in [4.69, 9.17) is 4.74 Å². The van der Waals surface area contributed by atoms with Gasteiger partial charge in [0.2, 0.25) is 9.84 Å². The van der Waals surface area contributed by atoms with Gasteiger partial charge in [0.25, 0.3) is 5.91 Å². The zero-order valence-electron chi connectivity index (χ0n) is 17.7. The molecule has 7 nitrogen and oxygen atoms in total. The summed E-state index contributed by atoms with van der Waals surface area (Å²) in [6, 6.07) is 11.3. The molecule has 0 spiro atoms. The molecule has 0 aliphatic carbocycles. The summed E-state index contributed by atoms with van der Waals surface area (Å²) in [5.41, 5.74) is 0.758. The average Bonchev–Trinajstić information content (AvgIpc) is 3.29. The van der Waals surface area contributed by atoms with Crippen LogP contribution in [0.1, 0.15) is 21.5 Å². The topological polar surface area (TPSA) is 89.8 Å². The normalized spacial score (nSPS) is 12.0. The molecule has 0 aliphatic heterocycles. The molecule has 0 bridgehead atoms. The van der Waals surface area contributed by atoms with Crippen molar-refractivity contribution in [1.29, 1.82) is 0 Å². The van der Waals surface area contributed by atoms with Crippen molar-refractivity contribution in [2.45, 2.75) is 22.5 Å². The summed E-state index contributed by atoms with van der Waals surface area (Å²) >= 11 is 0. The smallest absolute Gasteiger partial charge is 0.416 e. The van der Waals surface area contributed by atoms with Crippen LogP contribution in [0.5, 0.6) is 5.75 Å². The number of aromatic nitrogens is 2. The lowest BCUT2D eigenvalue weighted by Crippen LogP contribution is -2.23. The van der Waals surface area contributed by atoms with Gasteiger partial charge in [0.05, 0.1) is 23.1 Å². The maximum absolute atomic E-state index is 13.0. The van der Waals surface area contributed by atoms with Crippen molar-refractivity contribution in [3.8, 4) is 5.75 Å². The Morgan fingerprint density at radius 3 is 2.50 bits per heavy atom. The van der Waals surface area contributed by atoms with E-state index >= 15 is 0 Å². The fourth-order valence-electron chi connectivity index (χ4n) is 3.32. The molecule has 176 valence electrons. The lowest BCUT2D eigenvalue weighted by molar-refractivity contribution is -0.137. The Kier molecular flexibility index (Phi) is 6.05.